The minimum absolute atomic E-state index is 0.0266. The van der Waals surface area contributed by atoms with Crippen LogP contribution in [0.4, 0.5) is 5.69 Å². The number of nitrogens with one attached hydrogen (secondary N) is 1. The number of ether oxygens (including phenoxy) is 1. The number of carbonyl (C=O) groups excluding carboxylic acids is 1. The monoisotopic (exact) mass is 292 g/mol. The maximum absolute atomic E-state index is 11.8. The fourth-order valence-corrected chi connectivity index (χ4v) is 2.07. The molecule has 0 unspecified atom stereocenters. The summed E-state index contributed by atoms with van der Waals surface area (Å²) in [4.78, 5) is 11.8. The molecule has 21 heavy (non-hydrogen) atoms. The van der Waals surface area contributed by atoms with Gasteiger partial charge in [-0.25, -0.2) is 0 Å². The first-order chi connectivity index (χ1) is 10.3. The van der Waals surface area contributed by atoms with Gasteiger partial charge in [-0.2, -0.15) is 0 Å². The van der Waals surface area contributed by atoms with E-state index < -0.39 is 0 Å². The van der Waals surface area contributed by atoms with Crippen molar-refractivity contribution in [2.45, 2.75) is 52.0 Å². The summed E-state index contributed by atoms with van der Waals surface area (Å²) < 4.78 is 5.52. The highest BCUT2D eigenvalue weighted by atomic mass is 16.5. The van der Waals surface area contributed by atoms with Crippen molar-refractivity contribution in [3.8, 4) is 0 Å². The summed E-state index contributed by atoms with van der Waals surface area (Å²) in [5, 5.41) is 2.89. The second-order valence-electron chi connectivity index (χ2n) is 5.23. The summed E-state index contributed by atoms with van der Waals surface area (Å²) in [7, 11) is 0. The van der Waals surface area contributed by atoms with Crippen LogP contribution < -0.4 is 11.1 Å². The van der Waals surface area contributed by atoms with Gasteiger partial charge in [0.15, 0.2) is 0 Å². The van der Waals surface area contributed by atoms with E-state index in [2.05, 4.69) is 12.2 Å². The third-order valence-corrected chi connectivity index (χ3v) is 3.28. The lowest BCUT2D eigenvalue weighted by Crippen LogP contribution is -2.12. The molecule has 4 heteroatoms. The number of amides is 1. The summed E-state index contributed by atoms with van der Waals surface area (Å²) in [6.45, 7) is 4.14. The second-order valence-corrected chi connectivity index (χ2v) is 5.23. The molecular formula is C17H28N2O2. The number of rotatable bonds is 11. The maximum atomic E-state index is 11.8. The molecule has 118 valence electrons. The first-order valence-corrected chi connectivity index (χ1v) is 7.93. The highest BCUT2D eigenvalue weighted by Crippen LogP contribution is 2.10. The summed E-state index contributed by atoms with van der Waals surface area (Å²) in [6.07, 6.45) is 6.11. The Morgan fingerprint density at radius 2 is 2.00 bits per heavy atom. The summed E-state index contributed by atoms with van der Waals surface area (Å²) in [5.74, 6) is 0.0266. The third kappa shape index (κ3) is 8.48. The summed E-state index contributed by atoms with van der Waals surface area (Å²) in [5.41, 5.74) is 7.40. The Morgan fingerprint density at radius 1 is 1.19 bits per heavy atom. The number of hydrogen-bond acceptors (Lipinski definition) is 3. The average molecular weight is 292 g/mol. The van der Waals surface area contributed by atoms with Crippen LogP contribution in [0, 0.1) is 0 Å². The van der Waals surface area contributed by atoms with Crippen LogP contribution in [0.3, 0.4) is 0 Å². The lowest BCUT2D eigenvalue weighted by atomic mass is 10.2. The molecule has 1 amide bonds. The van der Waals surface area contributed by atoms with E-state index in [0.29, 0.717) is 19.6 Å². The molecule has 0 radical (unpaired) electrons. The van der Waals surface area contributed by atoms with Gasteiger partial charge in [-0.15, -0.1) is 0 Å². The van der Waals surface area contributed by atoms with Crippen LogP contribution in [0.5, 0.6) is 0 Å². The van der Waals surface area contributed by atoms with Crippen LogP contribution >= 0.6 is 0 Å². The highest BCUT2D eigenvalue weighted by molar-refractivity contribution is 5.90. The van der Waals surface area contributed by atoms with E-state index in [4.69, 9.17) is 10.5 Å². The lowest BCUT2D eigenvalue weighted by molar-refractivity contribution is -0.116. The van der Waals surface area contributed by atoms with Gasteiger partial charge in [-0.05, 0) is 30.5 Å². The molecule has 4 nitrogen and oxygen atoms in total. The number of carbonyl (C=O) groups is 1. The van der Waals surface area contributed by atoms with Crippen molar-refractivity contribution < 1.29 is 9.53 Å². The number of nitrogens with two attached hydrogens (primary N) is 1. The molecule has 0 aliphatic carbocycles. The van der Waals surface area contributed by atoms with Crippen LogP contribution in [0.25, 0.3) is 0 Å². The Kier molecular flexibility index (Phi) is 9.49. The van der Waals surface area contributed by atoms with E-state index >= 15 is 0 Å². The molecule has 0 saturated carbocycles. The molecule has 0 aliphatic heterocycles. The summed E-state index contributed by atoms with van der Waals surface area (Å²) in [6, 6.07) is 7.63. The van der Waals surface area contributed by atoms with Gasteiger partial charge in [-0.3, -0.25) is 4.79 Å². The maximum Gasteiger partial charge on any atom is 0.224 e. The van der Waals surface area contributed by atoms with Crippen molar-refractivity contribution in [1.29, 1.82) is 0 Å². The Morgan fingerprint density at radius 3 is 2.76 bits per heavy atom. The predicted octanol–water partition coefficient (Wildman–Crippen LogP) is 3.46. The molecule has 0 bridgehead atoms. The molecule has 0 saturated heterocycles. The van der Waals surface area contributed by atoms with Gasteiger partial charge in [-0.1, -0.05) is 38.3 Å². The molecule has 0 heterocycles. The van der Waals surface area contributed by atoms with E-state index in [-0.39, 0.29) is 5.91 Å². The average Bonchev–Trinajstić information content (AvgIpc) is 2.50. The van der Waals surface area contributed by atoms with Crippen molar-refractivity contribution in [3.05, 3.63) is 29.8 Å². The largest absolute Gasteiger partial charge is 0.381 e. The molecule has 1 aromatic carbocycles. The van der Waals surface area contributed by atoms with Crippen molar-refractivity contribution in [2.24, 2.45) is 5.73 Å². The normalized spacial score (nSPS) is 10.6. The quantitative estimate of drug-likeness (QED) is 0.614. The van der Waals surface area contributed by atoms with Crippen molar-refractivity contribution in [3.63, 3.8) is 0 Å². The summed E-state index contributed by atoms with van der Waals surface area (Å²) >= 11 is 0. The van der Waals surface area contributed by atoms with E-state index in [1.54, 1.807) is 0 Å². The Balaban J connectivity index is 2.08. The van der Waals surface area contributed by atoms with Gasteiger partial charge >= 0.3 is 0 Å². The fraction of sp³-hybridized carbons (Fsp3) is 0.588. The topological polar surface area (TPSA) is 64.3 Å². The first-order valence-electron chi connectivity index (χ1n) is 7.93. The molecule has 0 atom stereocenters. The van der Waals surface area contributed by atoms with Crippen molar-refractivity contribution >= 4 is 11.6 Å². The molecule has 0 spiro atoms. The fourth-order valence-electron chi connectivity index (χ4n) is 2.07. The van der Waals surface area contributed by atoms with Crippen LogP contribution in [0.1, 0.15) is 51.0 Å². The van der Waals surface area contributed by atoms with Crippen LogP contribution in [-0.2, 0) is 16.1 Å². The first kappa shape index (κ1) is 17.7. The van der Waals surface area contributed by atoms with Gasteiger partial charge in [0.25, 0.3) is 0 Å². The van der Waals surface area contributed by atoms with Crippen LogP contribution in [0.15, 0.2) is 24.3 Å². The zero-order valence-corrected chi connectivity index (χ0v) is 13.1. The number of hydrogen-bond donors (Lipinski definition) is 2. The molecule has 3 N–H and O–H groups in total. The van der Waals surface area contributed by atoms with Gasteiger partial charge < -0.3 is 15.8 Å². The molecule has 0 aromatic heterocycles. The van der Waals surface area contributed by atoms with Crippen molar-refractivity contribution in [2.75, 3.05) is 18.5 Å². The van der Waals surface area contributed by atoms with E-state index in [1.807, 2.05) is 24.3 Å². The Hall–Kier alpha value is -1.39. The van der Waals surface area contributed by atoms with Crippen LogP contribution in [-0.4, -0.2) is 19.1 Å². The SMILES string of the molecule is CCCCCCOCCCC(=O)Nc1cccc(CN)c1. The standard InChI is InChI=1S/C17H28N2O2/c1-2-3-4-5-11-21-12-7-10-17(20)19-16-9-6-8-15(13-16)14-18/h6,8-9,13H,2-5,7,10-12,14,18H2,1H3,(H,19,20). The van der Waals surface area contributed by atoms with Gasteiger partial charge in [0.1, 0.15) is 0 Å². The van der Waals surface area contributed by atoms with Crippen LogP contribution in [0.2, 0.25) is 0 Å². The zero-order chi connectivity index (χ0) is 15.3. The Labute approximate surface area is 128 Å². The molecule has 0 fully saturated rings. The number of unbranched alkanes of at least 4 members (excludes halogenated alkanes) is 3. The third-order valence-electron chi connectivity index (χ3n) is 3.28. The van der Waals surface area contributed by atoms with Gasteiger partial charge in [0.2, 0.25) is 5.91 Å². The minimum atomic E-state index is 0.0266. The number of anilines is 1. The zero-order valence-electron chi connectivity index (χ0n) is 13.1. The van der Waals surface area contributed by atoms with E-state index in [9.17, 15) is 4.79 Å². The smallest absolute Gasteiger partial charge is 0.224 e. The van der Waals surface area contributed by atoms with Gasteiger partial charge in [0.05, 0.1) is 0 Å². The minimum Gasteiger partial charge on any atom is -0.381 e. The van der Waals surface area contributed by atoms with Gasteiger partial charge in [0, 0.05) is 31.9 Å². The second kappa shape index (κ2) is 11.3. The molecular weight excluding hydrogens is 264 g/mol. The molecule has 1 rings (SSSR count). The van der Waals surface area contributed by atoms with E-state index in [1.165, 1.54) is 19.3 Å². The predicted molar refractivity (Wildman–Crippen MR) is 87.2 cm³/mol. The number of benzene rings is 1. The molecule has 0 aliphatic rings. The highest BCUT2D eigenvalue weighted by Gasteiger charge is 2.02. The van der Waals surface area contributed by atoms with E-state index in [0.717, 1.165) is 30.7 Å². The molecule has 1 aromatic rings. The van der Waals surface area contributed by atoms with Crippen molar-refractivity contribution in [1.82, 2.24) is 0 Å². The lowest BCUT2D eigenvalue weighted by Gasteiger charge is -2.07. The Bertz CT molecular complexity index is 408.